The number of hydrogen-bond donors (Lipinski definition) is 1. The van der Waals surface area contributed by atoms with Crippen molar-refractivity contribution in [2.45, 2.75) is 96.1 Å². The number of allylic oxidation sites excluding steroid dienone is 2. The van der Waals surface area contributed by atoms with E-state index in [-0.39, 0.29) is 34.9 Å². The lowest BCUT2D eigenvalue weighted by molar-refractivity contribution is -0.124. The van der Waals surface area contributed by atoms with Gasteiger partial charge in [0.15, 0.2) is 0 Å². The molecule has 3 aliphatic carbocycles. The first-order valence-corrected chi connectivity index (χ1v) is 15.6. The molecule has 5 rings (SSSR count). The fourth-order valence-corrected chi connectivity index (χ4v) is 7.57. The average molecular weight is 559 g/mol. The molecule has 4 aliphatic rings. The highest BCUT2D eigenvalue weighted by molar-refractivity contribution is 7.15. The highest BCUT2D eigenvalue weighted by atomic mass is 32.1. The molecule has 1 saturated heterocycles. The van der Waals surface area contributed by atoms with Crippen LogP contribution < -0.4 is 4.90 Å². The lowest BCUT2D eigenvalue weighted by Crippen LogP contribution is -2.48. The van der Waals surface area contributed by atoms with Gasteiger partial charge in [0.05, 0.1) is 18.9 Å². The van der Waals surface area contributed by atoms with Crippen LogP contribution in [0, 0.1) is 11.8 Å². The molecule has 1 aliphatic heterocycles. The van der Waals surface area contributed by atoms with Crippen LogP contribution in [0.2, 0.25) is 0 Å². The molecule has 2 heterocycles. The van der Waals surface area contributed by atoms with Crippen molar-refractivity contribution in [2.75, 3.05) is 31.2 Å². The van der Waals surface area contributed by atoms with Crippen molar-refractivity contribution >= 4 is 40.6 Å². The van der Waals surface area contributed by atoms with E-state index in [2.05, 4.69) is 13.0 Å². The number of nitrogens with zero attached hydrogens (tertiary/aromatic N) is 2. The van der Waals surface area contributed by atoms with Crippen LogP contribution in [0.15, 0.2) is 12.1 Å². The van der Waals surface area contributed by atoms with Gasteiger partial charge in [-0.1, -0.05) is 13.0 Å². The minimum atomic E-state index is -0.971. The Kier molecular flexibility index (Phi) is 9.28. The van der Waals surface area contributed by atoms with E-state index in [1.54, 1.807) is 4.90 Å². The number of morpholine rings is 1. The normalized spacial score (nSPS) is 27.9. The summed E-state index contributed by atoms with van der Waals surface area (Å²) < 4.78 is 11.2. The standard InChI is InChI=1S/C30H42N2O6S/c1-20-7-9-22(10-8-20)28(33)32(25-19-26(39-27(25)29(34)35)21-5-3-2-4-6-21)23-11-13-24(14-12-23)38-30(36)31-15-17-37-18-16-31/h5,19-20,22-24H,2-4,6-18H2,1H3,(H,34,35). The summed E-state index contributed by atoms with van der Waals surface area (Å²) >= 11 is 1.31. The fourth-order valence-electron chi connectivity index (χ4n) is 6.52. The summed E-state index contributed by atoms with van der Waals surface area (Å²) in [6.45, 7) is 4.40. The summed E-state index contributed by atoms with van der Waals surface area (Å²) in [7, 11) is 0. The Morgan fingerprint density at radius 2 is 1.74 bits per heavy atom. The van der Waals surface area contributed by atoms with Gasteiger partial charge in [0, 0.05) is 29.9 Å². The van der Waals surface area contributed by atoms with Gasteiger partial charge in [-0.2, -0.15) is 0 Å². The summed E-state index contributed by atoms with van der Waals surface area (Å²) in [5.74, 6) is -0.349. The molecule has 39 heavy (non-hydrogen) atoms. The van der Waals surface area contributed by atoms with Crippen molar-refractivity contribution in [3.8, 4) is 0 Å². The Balaban J connectivity index is 1.36. The number of carbonyl (C=O) groups excluding carboxylic acids is 2. The number of carbonyl (C=O) groups is 3. The molecular weight excluding hydrogens is 516 g/mol. The molecule has 3 fully saturated rings. The first-order valence-electron chi connectivity index (χ1n) is 14.8. The van der Waals surface area contributed by atoms with Crippen molar-refractivity contribution in [1.82, 2.24) is 4.90 Å². The van der Waals surface area contributed by atoms with Gasteiger partial charge in [-0.3, -0.25) is 4.79 Å². The quantitative estimate of drug-likeness (QED) is 0.438. The molecule has 1 aromatic heterocycles. The molecule has 214 valence electrons. The number of hydrogen-bond acceptors (Lipinski definition) is 6. The molecule has 0 bridgehead atoms. The SMILES string of the molecule is CC1CCC(C(=O)N(c2cc(C3=CCCCC3)sc2C(=O)O)C2CCC(OC(=O)N3CCOCC3)CC2)CC1. The maximum absolute atomic E-state index is 14.1. The predicted octanol–water partition coefficient (Wildman–Crippen LogP) is 6.34. The van der Waals surface area contributed by atoms with E-state index < -0.39 is 5.97 Å². The van der Waals surface area contributed by atoms with Crippen molar-refractivity contribution in [1.29, 1.82) is 0 Å². The zero-order valence-electron chi connectivity index (χ0n) is 23.1. The Labute approximate surface area is 235 Å². The number of aromatic carboxylic acids is 1. The highest BCUT2D eigenvalue weighted by Gasteiger charge is 2.38. The maximum Gasteiger partial charge on any atom is 0.410 e. The third-order valence-corrected chi connectivity index (χ3v) is 10.1. The first kappa shape index (κ1) is 28.1. The molecule has 8 nitrogen and oxygen atoms in total. The van der Waals surface area contributed by atoms with E-state index in [1.165, 1.54) is 16.9 Å². The maximum atomic E-state index is 14.1. The number of carboxylic acid groups (broad SMARTS) is 1. The van der Waals surface area contributed by atoms with Gasteiger partial charge in [0.1, 0.15) is 11.0 Å². The number of anilines is 1. The average Bonchev–Trinajstić information content (AvgIpc) is 3.41. The van der Waals surface area contributed by atoms with Crippen molar-refractivity contribution in [3.63, 3.8) is 0 Å². The number of thiophene rings is 1. The smallest absolute Gasteiger partial charge is 0.410 e. The molecule has 1 aromatic rings. The second-order valence-corrected chi connectivity index (χ2v) is 12.7. The van der Waals surface area contributed by atoms with E-state index in [4.69, 9.17) is 9.47 Å². The molecule has 0 radical (unpaired) electrons. The Morgan fingerprint density at radius 3 is 2.38 bits per heavy atom. The highest BCUT2D eigenvalue weighted by Crippen LogP contribution is 2.42. The molecule has 0 aromatic carbocycles. The van der Waals surface area contributed by atoms with Gasteiger partial charge < -0.3 is 24.4 Å². The third-order valence-electron chi connectivity index (χ3n) is 8.92. The summed E-state index contributed by atoms with van der Waals surface area (Å²) in [5.41, 5.74) is 1.77. The zero-order chi connectivity index (χ0) is 27.4. The van der Waals surface area contributed by atoms with Gasteiger partial charge >= 0.3 is 12.1 Å². The molecule has 0 spiro atoms. The summed E-state index contributed by atoms with van der Waals surface area (Å²) in [6, 6.07) is 1.87. The fraction of sp³-hybridized carbons (Fsp3) is 0.700. The van der Waals surface area contributed by atoms with E-state index >= 15 is 0 Å². The van der Waals surface area contributed by atoms with E-state index in [0.29, 0.717) is 63.6 Å². The van der Waals surface area contributed by atoms with Gasteiger partial charge in [-0.25, -0.2) is 9.59 Å². The molecule has 0 atom stereocenters. The van der Waals surface area contributed by atoms with Gasteiger partial charge in [-0.15, -0.1) is 11.3 Å². The van der Waals surface area contributed by atoms with Crippen LogP contribution in [0.1, 0.15) is 98.5 Å². The lowest BCUT2D eigenvalue weighted by atomic mass is 9.81. The van der Waals surface area contributed by atoms with E-state index in [0.717, 1.165) is 56.2 Å². The molecule has 0 unspecified atom stereocenters. The molecule has 1 N–H and O–H groups in total. The molecule has 9 heteroatoms. The Morgan fingerprint density at radius 1 is 1.03 bits per heavy atom. The number of ether oxygens (including phenoxy) is 2. The minimum Gasteiger partial charge on any atom is -0.477 e. The van der Waals surface area contributed by atoms with Crippen LogP contribution in [0.25, 0.3) is 5.57 Å². The predicted molar refractivity (Wildman–Crippen MR) is 151 cm³/mol. The van der Waals surface area contributed by atoms with E-state index in [9.17, 15) is 19.5 Å². The summed E-state index contributed by atoms with van der Waals surface area (Å²) in [5, 5.41) is 10.2. The second-order valence-electron chi connectivity index (χ2n) is 11.7. The van der Waals surface area contributed by atoms with Crippen molar-refractivity contribution in [3.05, 3.63) is 21.9 Å². The van der Waals surface area contributed by atoms with Gasteiger partial charge in [0.2, 0.25) is 5.91 Å². The second kappa shape index (κ2) is 12.9. The van der Waals surface area contributed by atoms with Crippen LogP contribution in [-0.4, -0.2) is 66.4 Å². The Hall–Kier alpha value is -2.39. The Bertz CT molecular complexity index is 1060. The molecule has 2 amide bonds. The topological polar surface area (TPSA) is 96.4 Å². The minimum absolute atomic E-state index is 0.0696. The van der Waals surface area contributed by atoms with Crippen molar-refractivity contribution < 1.29 is 29.0 Å². The van der Waals surface area contributed by atoms with Gasteiger partial charge in [0.25, 0.3) is 0 Å². The number of amides is 2. The summed E-state index contributed by atoms with van der Waals surface area (Å²) in [4.78, 5) is 44.0. The van der Waals surface area contributed by atoms with Crippen LogP contribution in [0.3, 0.4) is 0 Å². The van der Waals surface area contributed by atoms with Gasteiger partial charge in [-0.05, 0) is 94.6 Å². The van der Waals surface area contributed by atoms with Crippen LogP contribution in [0.5, 0.6) is 0 Å². The zero-order valence-corrected chi connectivity index (χ0v) is 23.9. The number of carboxylic acids is 1. The largest absolute Gasteiger partial charge is 0.477 e. The third kappa shape index (κ3) is 6.68. The van der Waals surface area contributed by atoms with Crippen LogP contribution in [0.4, 0.5) is 10.5 Å². The van der Waals surface area contributed by atoms with E-state index in [1.807, 2.05) is 11.0 Å². The number of rotatable bonds is 6. The molecular formula is C30H42N2O6S. The summed E-state index contributed by atoms with van der Waals surface area (Å²) in [6.07, 6.45) is 12.5. The monoisotopic (exact) mass is 558 g/mol. The first-order chi connectivity index (χ1) is 18.9. The van der Waals surface area contributed by atoms with Crippen LogP contribution >= 0.6 is 11.3 Å². The van der Waals surface area contributed by atoms with Crippen LogP contribution in [-0.2, 0) is 14.3 Å². The molecule has 2 saturated carbocycles. The lowest BCUT2D eigenvalue weighted by Gasteiger charge is -2.39. The van der Waals surface area contributed by atoms with Crippen molar-refractivity contribution in [2.24, 2.45) is 11.8 Å².